The molecule has 1 amide bonds. The summed E-state index contributed by atoms with van der Waals surface area (Å²) in [5.74, 6) is -2.50. The SMILES string of the molecule is Cc1ccc(C2=C(O)C(=O)N(c3ccc(F)cc3)C2c2ccc(C(=O)O)cc2)cc1. The van der Waals surface area contributed by atoms with E-state index in [0.717, 1.165) is 5.56 Å². The molecule has 5 nitrogen and oxygen atoms in total. The molecule has 0 fully saturated rings. The molecule has 0 radical (unpaired) electrons. The maximum Gasteiger partial charge on any atom is 0.335 e. The van der Waals surface area contributed by atoms with E-state index in [1.807, 2.05) is 31.2 Å². The molecule has 6 heteroatoms. The van der Waals surface area contributed by atoms with Crippen molar-refractivity contribution in [2.24, 2.45) is 0 Å². The van der Waals surface area contributed by atoms with Crippen molar-refractivity contribution in [3.63, 3.8) is 0 Å². The molecule has 0 saturated carbocycles. The van der Waals surface area contributed by atoms with Crippen molar-refractivity contribution in [2.75, 3.05) is 4.90 Å². The van der Waals surface area contributed by atoms with Crippen LogP contribution in [-0.4, -0.2) is 22.1 Å². The minimum atomic E-state index is -1.06. The zero-order valence-corrected chi connectivity index (χ0v) is 16.0. The van der Waals surface area contributed by atoms with Crippen molar-refractivity contribution in [3.05, 3.63) is 107 Å². The van der Waals surface area contributed by atoms with Gasteiger partial charge in [0.1, 0.15) is 5.82 Å². The maximum atomic E-state index is 13.4. The highest BCUT2D eigenvalue weighted by molar-refractivity contribution is 6.16. The Labute approximate surface area is 172 Å². The van der Waals surface area contributed by atoms with Crippen molar-refractivity contribution < 1.29 is 24.2 Å². The summed E-state index contributed by atoms with van der Waals surface area (Å²) in [5, 5.41) is 19.9. The average molecular weight is 403 g/mol. The van der Waals surface area contributed by atoms with Gasteiger partial charge in [0, 0.05) is 11.3 Å². The number of carbonyl (C=O) groups is 2. The number of anilines is 1. The molecular formula is C24H18FNO4. The normalized spacial score (nSPS) is 16.3. The lowest BCUT2D eigenvalue weighted by atomic mass is 9.92. The molecule has 0 bridgehead atoms. The average Bonchev–Trinajstić information content (AvgIpc) is 3.00. The number of carboxylic acid groups (broad SMARTS) is 1. The first kappa shape index (κ1) is 19.4. The van der Waals surface area contributed by atoms with E-state index in [-0.39, 0.29) is 5.56 Å². The Bertz CT molecular complexity index is 1150. The van der Waals surface area contributed by atoms with E-state index in [0.29, 0.717) is 22.4 Å². The molecule has 0 aromatic heterocycles. The van der Waals surface area contributed by atoms with Gasteiger partial charge in [-0.1, -0.05) is 42.0 Å². The molecule has 150 valence electrons. The molecule has 4 rings (SSSR count). The molecule has 30 heavy (non-hydrogen) atoms. The summed E-state index contributed by atoms with van der Waals surface area (Å²) in [5.41, 5.74) is 3.26. The summed E-state index contributed by atoms with van der Waals surface area (Å²) < 4.78 is 13.4. The first-order valence-electron chi connectivity index (χ1n) is 9.29. The molecule has 1 aliphatic heterocycles. The smallest absolute Gasteiger partial charge is 0.335 e. The van der Waals surface area contributed by atoms with E-state index in [1.165, 1.54) is 41.3 Å². The zero-order valence-electron chi connectivity index (χ0n) is 16.0. The van der Waals surface area contributed by atoms with Crippen LogP contribution in [0.4, 0.5) is 10.1 Å². The standard InChI is InChI=1S/C24H18FNO4/c1-14-2-4-15(5-3-14)20-21(16-6-8-17(9-7-16)24(29)30)26(23(28)22(20)27)19-12-10-18(25)11-13-19/h2-13,21,27H,1H3,(H,29,30). The molecule has 1 heterocycles. The summed E-state index contributed by atoms with van der Waals surface area (Å²) in [4.78, 5) is 25.6. The van der Waals surface area contributed by atoms with E-state index in [9.17, 15) is 24.2 Å². The fourth-order valence-electron chi connectivity index (χ4n) is 3.62. The summed E-state index contributed by atoms with van der Waals surface area (Å²) >= 11 is 0. The molecule has 3 aromatic carbocycles. The van der Waals surface area contributed by atoms with Crippen LogP contribution in [0.25, 0.3) is 5.57 Å². The molecule has 1 aliphatic rings. The number of aromatic carboxylic acids is 1. The highest BCUT2D eigenvalue weighted by atomic mass is 19.1. The Hall–Kier alpha value is -3.93. The zero-order chi connectivity index (χ0) is 21.4. The van der Waals surface area contributed by atoms with Crippen LogP contribution in [0.2, 0.25) is 0 Å². The lowest BCUT2D eigenvalue weighted by Gasteiger charge is -2.27. The second-order valence-corrected chi connectivity index (χ2v) is 7.11. The summed E-state index contributed by atoms with van der Waals surface area (Å²) in [6, 6.07) is 18.3. The molecular weight excluding hydrogens is 385 g/mol. The number of rotatable bonds is 4. The second kappa shape index (κ2) is 7.48. The highest BCUT2D eigenvalue weighted by Gasteiger charge is 2.42. The highest BCUT2D eigenvalue weighted by Crippen LogP contribution is 2.45. The Morgan fingerprint density at radius 3 is 2.10 bits per heavy atom. The molecule has 0 saturated heterocycles. The Morgan fingerprint density at radius 1 is 0.933 bits per heavy atom. The van der Waals surface area contributed by atoms with E-state index in [2.05, 4.69) is 0 Å². The fraction of sp³-hybridized carbons (Fsp3) is 0.0833. The predicted molar refractivity (Wildman–Crippen MR) is 111 cm³/mol. The van der Waals surface area contributed by atoms with Crippen molar-refractivity contribution in [2.45, 2.75) is 13.0 Å². The molecule has 0 aliphatic carbocycles. The van der Waals surface area contributed by atoms with Crippen LogP contribution in [0.3, 0.4) is 0 Å². The van der Waals surface area contributed by atoms with Crippen LogP contribution in [0, 0.1) is 12.7 Å². The van der Waals surface area contributed by atoms with Gasteiger partial charge < -0.3 is 10.2 Å². The maximum absolute atomic E-state index is 13.4. The van der Waals surface area contributed by atoms with Crippen molar-refractivity contribution in [1.82, 2.24) is 0 Å². The second-order valence-electron chi connectivity index (χ2n) is 7.11. The number of aliphatic hydroxyl groups excluding tert-OH is 1. The Kier molecular flexibility index (Phi) is 4.83. The van der Waals surface area contributed by atoms with Gasteiger partial charge in [-0.3, -0.25) is 9.69 Å². The van der Waals surface area contributed by atoms with Gasteiger partial charge in [-0.2, -0.15) is 0 Å². The number of aryl methyl sites for hydroxylation is 1. The quantitative estimate of drug-likeness (QED) is 0.650. The van der Waals surface area contributed by atoms with Gasteiger partial charge in [-0.15, -0.1) is 0 Å². The number of benzene rings is 3. The molecule has 0 spiro atoms. The van der Waals surface area contributed by atoms with Crippen molar-refractivity contribution in [1.29, 1.82) is 0 Å². The van der Waals surface area contributed by atoms with Crippen LogP contribution in [0.15, 0.2) is 78.6 Å². The van der Waals surface area contributed by atoms with Crippen LogP contribution < -0.4 is 4.90 Å². The molecule has 2 N–H and O–H groups in total. The number of nitrogens with zero attached hydrogens (tertiary/aromatic N) is 1. The third-order valence-corrected chi connectivity index (χ3v) is 5.15. The van der Waals surface area contributed by atoms with Gasteiger partial charge in [-0.25, -0.2) is 9.18 Å². The number of carbonyl (C=O) groups excluding carboxylic acids is 1. The number of hydrogen-bond donors (Lipinski definition) is 2. The van der Waals surface area contributed by atoms with Crippen LogP contribution >= 0.6 is 0 Å². The number of aliphatic hydroxyl groups is 1. The third-order valence-electron chi connectivity index (χ3n) is 5.15. The fourth-order valence-corrected chi connectivity index (χ4v) is 3.62. The predicted octanol–water partition coefficient (Wildman–Crippen LogP) is 4.89. The van der Waals surface area contributed by atoms with Crippen molar-refractivity contribution in [3.8, 4) is 0 Å². The van der Waals surface area contributed by atoms with Gasteiger partial charge in [-0.05, 0) is 54.4 Å². The van der Waals surface area contributed by atoms with Gasteiger partial charge in [0.2, 0.25) is 0 Å². The van der Waals surface area contributed by atoms with E-state index < -0.39 is 29.5 Å². The lowest BCUT2D eigenvalue weighted by Crippen LogP contribution is -2.30. The van der Waals surface area contributed by atoms with Gasteiger partial charge >= 0.3 is 5.97 Å². The Balaban J connectivity index is 1.88. The van der Waals surface area contributed by atoms with Gasteiger partial charge in [0.25, 0.3) is 5.91 Å². The van der Waals surface area contributed by atoms with E-state index >= 15 is 0 Å². The Morgan fingerprint density at radius 2 is 1.53 bits per heavy atom. The monoisotopic (exact) mass is 403 g/mol. The minimum absolute atomic E-state index is 0.112. The number of halogens is 1. The van der Waals surface area contributed by atoms with Crippen LogP contribution in [0.1, 0.15) is 33.1 Å². The molecule has 1 unspecified atom stereocenters. The largest absolute Gasteiger partial charge is 0.503 e. The minimum Gasteiger partial charge on any atom is -0.503 e. The third kappa shape index (κ3) is 3.33. The van der Waals surface area contributed by atoms with E-state index in [1.54, 1.807) is 12.1 Å². The van der Waals surface area contributed by atoms with E-state index in [4.69, 9.17) is 0 Å². The topological polar surface area (TPSA) is 77.8 Å². The number of carboxylic acids is 1. The first-order chi connectivity index (χ1) is 14.4. The number of hydrogen-bond acceptors (Lipinski definition) is 3. The summed E-state index contributed by atoms with van der Waals surface area (Å²) in [7, 11) is 0. The summed E-state index contributed by atoms with van der Waals surface area (Å²) in [6.07, 6.45) is 0. The molecule has 3 aromatic rings. The summed E-state index contributed by atoms with van der Waals surface area (Å²) in [6.45, 7) is 1.94. The van der Waals surface area contributed by atoms with Crippen molar-refractivity contribution >= 4 is 23.1 Å². The van der Waals surface area contributed by atoms with Crippen LogP contribution in [-0.2, 0) is 4.79 Å². The number of amides is 1. The lowest BCUT2D eigenvalue weighted by molar-refractivity contribution is -0.117. The van der Waals surface area contributed by atoms with Gasteiger partial charge in [0.15, 0.2) is 5.76 Å². The molecule has 1 atom stereocenters. The van der Waals surface area contributed by atoms with Gasteiger partial charge in [0.05, 0.1) is 11.6 Å². The first-order valence-corrected chi connectivity index (χ1v) is 9.29. The van der Waals surface area contributed by atoms with Crippen LogP contribution in [0.5, 0.6) is 0 Å².